The maximum atomic E-state index is 12.2. The van der Waals surface area contributed by atoms with Crippen molar-refractivity contribution in [2.24, 2.45) is 0 Å². The predicted octanol–water partition coefficient (Wildman–Crippen LogP) is 8.74. The number of methoxy groups -OCH3 is 3. The fourth-order valence-electron chi connectivity index (χ4n) is 13.0. The fourth-order valence-corrected chi connectivity index (χ4v) is 13.1. The zero-order valence-electron chi connectivity index (χ0n) is 67.6. The number of carboxylic acids is 2. The van der Waals surface area contributed by atoms with Crippen molar-refractivity contribution in [2.75, 3.05) is 86.8 Å². The Kier molecular flexibility index (Phi) is 40.1. The van der Waals surface area contributed by atoms with Crippen molar-refractivity contribution >= 4 is 53.8 Å². The Morgan fingerprint density at radius 1 is 0.350 bits per heavy atom. The van der Waals surface area contributed by atoms with Gasteiger partial charge in [0.25, 0.3) is 0 Å². The van der Waals surface area contributed by atoms with Gasteiger partial charge in [-0.05, 0) is 154 Å². The van der Waals surface area contributed by atoms with Crippen molar-refractivity contribution in [3.63, 3.8) is 0 Å². The van der Waals surface area contributed by atoms with Gasteiger partial charge in [-0.15, -0.1) is 11.6 Å². The molecule has 0 amide bonds. The molecule has 0 saturated carbocycles. The van der Waals surface area contributed by atoms with Gasteiger partial charge in [0.1, 0.15) is 28.5 Å². The van der Waals surface area contributed by atoms with Crippen molar-refractivity contribution in [3.8, 4) is 0 Å². The Labute approximate surface area is 701 Å². The number of nitrogens with one attached hydrogen (secondary N) is 2. The maximum Gasteiger partial charge on any atom is 0.373 e. The molecule has 3 aliphatic heterocycles. The molecule has 120 heavy (non-hydrogen) atoms. The Morgan fingerprint density at radius 2 is 0.633 bits per heavy atom. The predicted molar refractivity (Wildman–Crippen MR) is 439 cm³/mol. The van der Waals surface area contributed by atoms with E-state index in [9.17, 15) is 34.2 Å². The van der Waals surface area contributed by atoms with Gasteiger partial charge in [-0.3, -0.25) is 54.3 Å². The van der Waals surface area contributed by atoms with Crippen LogP contribution in [-0.2, 0) is 118 Å². The van der Waals surface area contributed by atoms with Crippen molar-refractivity contribution in [1.29, 1.82) is 0 Å². The van der Waals surface area contributed by atoms with Gasteiger partial charge in [-0.25, -0.2) is 48.9 Å². The van der Waals surface area contributed by atoms with Gasteiger partial charge < -0.3 is 35.1 Å². The van der Waals surface area contributed by atoms with Crippen LogP contribution in [0.25, 0.3) is 0 Å². The minimum Gasteiger partial charge on any atom is -0.477 e. The van der Waals surface area contributed by atoms with E-state index in [1.807, 2.05) is 97.9 Å². The van der Waals surface area contributed by atoms with Crippen LogP contribution in [0.15, 0.2) is 188 Å². The molecule has 0 fully saturated rings. The molecule has 32 nitrogen and oxygen atoms in total. The van der Waals surface area contributed by atoms with Crippen LogP contribution < -0.4 is 10.6 Å². The summed E-state index contributed by atoms with van der Waals surface area (Å²) >= 11 is 5.53. The summed E-state index contributed by atoms with van der Waals surface area (Å²) < 4.78 is 14.3. The van der Waals surface area contributed by atoms with Crippen LogP contribution in [0.5, 0.6) is 0 Å². The molecule has 0 spiro atoms. The molecule has 0 unspecified atom stereocenters. The molecular formula is C87H99ClN18O14. The van der Waals surface area contributed by atoms with Crippen LogP contribution in [0.3, 0.4) is 0 Å². The molecular weight excluding hydrogens is 1560 g/mol. The number of aryl methyl sites for hydroxylation is 1. The number of fused-ring (bicyclic) bond motifs is 6. The zero-order chi connectivity index (χ0) is 85.6. The third-order valence-corrected chi connectivity index (χ3v) is 18.9. The van der Waals surface area contributed by atoms with Crippen molar-refractivity contribution in [3.05, 3.63) is 296 Å². The summed E-state index contributed by atoms with van der Waals surface area (Å²) in [6.45, 7) is 17.7. The number of pyridine rings is 10. The smallest absolute Gasteiger partial charge is 0.373 e. The Hall–Kier alpha value is -12.4. The Balaban J connectivity index is 0.000000217. The minimum absolute atomic E-state index is 0.0148. The molecule has 0 aromatic carbocycles. The van der Waals surface area contributed by atoms with E-state index in [0.29, 0.717) is 120 Å². The highest BCUT2D eigenvalue weighted by atomic mass is 35.5. The van der Waals surface area contributed by atoms with Gasteiger partial charge in [-0.2, -0.15) is 19.2 Å². The molecule has 6 bridgehead atoms. The number of halogens is 1. The lowest BCUT2D eigenvalue weighted by molar-refractivity contribution is -0.193. The van der Waals surface area contributed by atoms with Crippen LogP contribution in [0, 0.1) is 6.92 Å². The lowest BCUT2D eigenvalue weighted by Gasteiger charge is -2.31. The van der Waals surface area contributed by atoms with Gasteiger partial charge in [0, 0.05) is 143 Å². The summed E-state index contributed by atoms with van der Waals surface area (Å²) in [7, 11) is 4.03. The number of carboxylic acid groups (broad SMARTS) is 2. The van der Waals surface area contributed by atoms with Gasteiger partial charge in [0.2, 0.25) is 0 Å². The number of hydrogen-bond donors (Lipinski definition) is 4. The Morgan fingerprint density at radius 3 is 0.975 bits per heavy atom. The average molecular weight is 1660 g/mol. The molecule has 0 aliphatic carbocycles. The highest BCUT2D eigenvalue weighted by molar-refractivity contribution is 6.16. The topological polar surface area (TPSA) is 394 Å². The maximum absolute atomic E-state index is 12.2. The molecule has 33 heteroatoms. The van der Waals surface area contributed by atoms with E-state index in [1.54, 1.807) is 48.7 Å². The SMILES string of the molecule is COC(=O)c1cccc(CCl)n1.COC(=O)c1cccc(CN2CCN(Cc3cccc(C)n3)Cc3cccc(n3)CN(Cc3cccc(C(=O)OC)n3)CC2)n1.O=C(O)c1cccc(CN2CCN(Cc3ccccn3)Cc3cccc(n3)CN(Cc3cccc(C(=O)O)n3)CC2)n1.O=C=O.O=C=O.c1cc2nc(c1)CNCCCCCNC2. The van der Waals surface area contributed by atoms with E-state index in [2.05, 4.69) is 116 Å². The first-order chi connectivity index (χ1) is 58.3. The minimum atomic E-state index is -1.06. The van der Waals surface area contributed by atoms with E-state index in [0.717, 1.165) is 115 Å². The summed E-state index contributed by atoms with van der Waals surface area (Å²) in [5, 5.41) is 25.7. The van der Waals surface area contributed by atoms with Crippen molar-refractivity contribution in [2.45, 2.75) is 111 Å². The largest absolute Gasteiger partial charge is 0.477 e. The van der Waals surface area contributed by atoms with Crippen LogP contribution in [0.4, 0.5) is 0 Å². The highest BCUT2D eigenvalue weighted by Crippen LogP contribution is 2.19. The third kappa shape index (κ3) is 33.5. The summed E-state index contributed by atoms with van der Waals surface area (Å²) in [6.07, 6.45) is 6.14. The number of aromatic nitrogens is 10. The Bertz CT molecular complexity index is 4930. The second-order valence-corrected chi connectivity index (χ2v) is 28.0. The van der Waals surface area contributed by atoms with Crippen LogP contribution >= 0.6 is 11.6 Å². The molecule has 628 valence electrons. The monoisotopic (exact) mass is 1650 g/mol. The first-order valence-electron chi connectivity index (χ1n) is 38.8. The fraction of sp³-hybridized carbons (Fsp3) is 0.345. The number of carbonyl (C=O) groups is 5. The first kappa shape index (κ1) is 93.1. The summed E-state index contributed by atoms with van der Waals surface area (Å²) in [5.41, 5.74) is 13.6. The van der Waals surface area contributed by atoms with E-state index >= 15 is 0 Å². The van der Waals surface area contributed by atoms with Crippen LogP contribution in [-0.4, -0.2) is 218 Å². The van der Waals surface area contributed by atoms with E-state index < -0.39 is 29.8 Å². The molecule has 0 radical (unpaired) electrons. The number of hydrogen-bond acceptors (Lipinski definition) is 30. The van der Waals surface area contributed by atoms with E-state index in [1.165, 1.54) is 52.7 Å². The molecule has 10 aromatic rings. The second-order valence-electron chi connectivity index (χ2n) is 27.7. The molecule has 13 rings (SSSR count). The summed E-state index contributed by atoms with van der Waals surface area (Å²) in [4.78, 5) is 150. The van der Waals surface area contributed by atoms with E-state index in [-0.39, 0.29) is 35.1 Å². The molecule has 3 aliphatic rings. The third-order valence-electron chi connectivity index (χ3n) is 18.7. The second kappa shape index (κ2) is 51.7. The summed E-state index contributed by atoms with van der Waals surface area (Å²) in [5.74, 6) is -3.17. The number of carbonyl (C=O) groups excluding carboxylic acids is 7. The van der Waals surface area contributed by atoms with Crippen LogP contribution in [0.2, 0.25) is 0 Å². The molecule has 13 heterocycles. The first-order valence-corrected chi connectivity index (χ1v) is 39.4. The number of rotatable bonds is 18. The highest BCUT2D eigenvalue weighted by Gasteiger charge is 2.23. The lowest BCUT2D eigenvalue weighted by Crippen LogP contribution is -2.40. The van der Waals surface area contributed by atoms with Gasteiger partial charge in [-0.1, -0.05) is 67.1 Å². The number of alkyl halides is 1. The van der Waals surface area contributed by atoms with Gasteiger partial charge >= 0.3 is 42.1 Å². The number of ether oxygens (including phenoxy) is 3. The molecule has 4 N–H and O–H groups in total. The van der Waals surface area contributed by atoms with E-state index in [4.69, 9.17) is 55.2 Å². The number of nitrogens with zero attached hydrogens (tertiary/aromatic N) is 16. The standard InChI is InChI=1S/C34H39N7O4.C31H33N7O4.C12H19N3.C8H8ClNO2.2CO2/c1-25-8-4-9-26(35-25)21-40-18-16-39(20-29-12-6-14-31(37-29)33(42)44-2)17-19-41(23-28-11-5-10-27(22-40)36-28)24-30-13-7-15-32(38-30)34(43)45-3;39-30(40)28-11-4-9-26(34-28)19-36-14-16-37(18-23-6-1-2-13-32-23)20-24-7-3-8-25(33-24)21-38(17-15-36)22-27-10-5-12-29(35-27)31(41)42;1-2-7-13-9-11-5-4-6-12(15-11)10-14-8-3-1;1-12-8(11)7-4-2-3-6(5-9)10-7;2*2-1-3/h4-15H,16-24H2,1-3H3;1-13H,14-22H2,(H,39,40)(H,41,42);4-6,13-14H,1-3,7-10H2;2-4H,5H2,1H3;;. The van der Waals surface area contributed by atoms with Gasteiger partial charge in [0.15, 0.2) is 0 Å². The number of aromatic carboxylic acids is 2. The number of esters is 3. The lowest BCUT2D eigenvalue weighted by atomic mass is 10.2. The molecule has 0 atom stereocenters. The van der Waals surface area contributed by atoms with Gasteiger partial charge in [0.05, 0.1) is 101 Å². The summed E-state index contributed by atoms with van der Waals surface area (Å²) in [6, 6.07) is 56.5. The molecule has 10 aromatic heterocycles. The van der Waals surface area contributed by atoms with Crippen LogP contribution in [0.1, 0.15) is 151 Å². The average Bonchev–Trinajstić information content (AvgIpc) is 0.849. The normalized spacial score (nSPS) is 14.5. The van der Waals surface area contributed by atoms with Crippen molar-refractivity contribution in [1.82, 2.24) is 89.9 Å². The zero-order valence-corrected chi connectivity index (χ0v) is 68.4. The quantitative estimate of drug-likeness (QED) is 0.0354. The molecule has 0 saturated heterocycles. The van der Waals surface area contributed by atoms with Crippen molar-refractivity contribution < 1.29 is 67.6 Å².